The van der Waals surface area contributed by atoms with Gasteiger partial charge in [-0.3, -0.25) is 9.59 Å². The quantitative estimate of drug-likeness (QED) is 0.716. The molecular weight excluding hydrogens is 390 g/mol. The van der Waals surface area contributed by atoms with Gasteiger partial charge in [0, 0.05) is 31.3 Å². The second kappa shape index (κ2) is 9.69. The van der Waals surface area contributed by atoms with Gasteiger partial charge in [-0.1, -0.05) is 12.1 Å². The summed E-state index contributed by atoms with van der Waals surface area (Å²) in [6, 6.07) is 11.8. The third kappa shape index (κ3) is 6.02. The number of amides is 2. The summed E-state index contributed by atoms with van der Waals surface area (Å²) in [7, 11) is 0. The first-order valence-electron chi connectivity index (χ1n) is 10.0. The lowest BCUT2D eigenvalue weighted by atomic mass is 9.77. The summed E-state index contributed by atoms with van der Waals surface area (Å²) < 4.78 is 32.0. The molecule has 0 saturated carbocycles. The molecule has 1 aliphatic rings. The van der Waals surface area contributed by atoms with Crippen molar-refractivity contribution in [2.24, 2.45) is 11.1 Å². The van der Waals surface area contributed by atoms with Gasteiger partial charge in [-0.05, 0) is 61.2 Å². The van der Waals surface area contributed by atoms with Crippen LogP contribution in [0.25, 0.3) is 0 Å². The molecule has 3 rings (SSSR count). The van der Waals surface area contributed by atoms with Crippen molar-refractivity contribution < 1.29 is 23.1 Å². The fourth-order valence-electron chi connectivity index (χ4n) is 3.93. The summed E-state index contributed by atoms with van der Waals surface area (Å²) in [4.78, 5) is 26.3. The molecule has 1 heterocycles. The number of carbonyl (C=O) groups excluding carboxylic acids is 2. The maximum atomic E-state index is 13.1. The van der Waals surface area contributed by atoms with Gasteiger partial charge >= 0.3 is 0 Å². The molecule has 30 heavy (non-hydrogen) atoms. The highest BCUT2D eigenvalue weighted by Crippen LogP contribution is 2.34. The number of ether oxygens (including phenoxy) is 1. The molecule has 0 aliphatic carbocycles. The molecule has 2 aromatic rings. The van der Waals surface area contributed by atoms with Crippen molar-refractivity contribution in [1.29, 1.82) is 0 Å². The number of halogens is 2. The van der Waals surface area contributed by atoms with Crippen LogP contribution >= 0.6 is 0 Å². The lowest BCUT2D eigenvalue weighted by Gasteiger charge is -2.42. The molecule has 1 saturated heterocycles. The molecule has 0 bridgehead atoms. The molecular formula is C23H26F2N2O3. The summed E-state index contributed by atoms with van der Waals surface area (Å²) in [5.41, 5.74) is 5.80. The molecule has 0 spiro atoms. The van der Waals surface area contributed by atoms with E-state index in [0.717, 1.165) is 12.0 Å². The molecule has 2 amide bonds. The number of nitrogens with two attached hydrogens (primary N) is 1. The maximum Gasteiger partial charge on any atom is 0.222 e. The Kier molecular flexibility index (Phi) is 7.03. The number of likely N-dealkylation sites (tertiary alicyclic amines) is 1. The van der Waals surface area contributed by atoms with Crippen LogP contribution < -0.4 is 10.5 Å². The minimum atomic E-state index is -0.579. The molecule has 160 valence electrons. The molecule has 1 fully saturated rings. The summed E-state index contributed by atoms with van der Waals surface area (Å²) in [6.45, 7) is 1.20. The number of benzene rings is 2. The first kappa shape index (κ1) is 21.7. The van der Waals surface area contributed by atoms with Gasteiger partial charge in [0.1, 0.15) is 17.4 Å². The molecule has 0 radical (unpaired) electrons. The van der Waals surface area contributed by atoms with Gasteiger partial charge in [0.25, 0.3) is 0 Å². The van der Waals surface area contributed by atoms with Crippen LogP contribution in [0.5, 0.6) is 5.75 Å². The summed E-state index contributed by atoms with van der Waals surface area (Å²) in [6.07, 6.45) is 2.37. The van der Waals surface area contributed by atoms with Gasteiger partial charge in [0.2, 0.25) is 11.8 Å². The first-order valence-corrected chi connectivity index (χ1v) is 10.0. The van der Waals surface area contributed by atoms with Crippen molar-refractivity contribution in [1.82, 2.24) is 4.90 Å². The lowest BCUT2D eigenvalue weighted by Crippen LogP contribution is -2.50. The Morgan fingerprint density at radius 2 is 1.67 bits per heavy atom. The van der Waals surface area contributed by atoms with Crippen molar-refractivity contribution in [3.05, 3.63) is 65.7 Å². The normalized spacial score (nSPS) is 18.8. The number of hydrogen-bond donors (Lipinski definition) is 1. The van der Waals surface area contributed by atoms with E-state index in [1.807, 2.05) is 0 Å². The monoisotopic (exact) mass is 416 g/mol. The van der Waals surface area contributed by atoms with Crippen LogP contribution in [0.2, 0.25) is 0 Å². The predicted octanol–water partition coefficient (Wildman–Crippen LogP) is 3.46. The van der Waals surface area contributed by atoms with E-state index in [2.05, 4.69) is 0 Å². The van der Waals surface area contributed by atoms with E-state index in [4.69, 9.17) is 10.5 Å². The zero-order chi connectivity index (χ0) is 21.6. The third-order valence-corrected chi connectivity index (χ3v) is 5.46. The summed E-state index contributed by atoms with van der Waals surface area (Å²) in [5.74, 6) is -0.628. The predicted molar refractivity (Wildman–Crippen MR) is 109 cm³/mol. The van der Waals surface area contributed by atoms with E-state index < -0.39 is 11.3 Å². The average Bonchev–Trinajstić information content (AvgIpc) is 2.72. The van der Waals surface area contributed by atoms with Crippen LogP contribution in [0.15, 0.2) is 48.5 Å². The van der Waals surface area contributed by atoms with E-state index in [1.165, 1.54) is 36.4 Å². The van der Waals surface area contributed by atoms with Crippen LogP contribution in [0, 0.1) is 17.0 Å². The fraction of sp³-hybridized carbons (Fsp3) is 0.391. The minimum absolute atomic E-state index is 0.0188. The second-order valence-electron chi connectivity index (χ2n) is 7.93. The van der Waals surface area contributed by atoms with Gasteiger partial charge < -0.3 is 15.4 Å². The Labute approximate surface area is 174 Å². The zero-order valence-corrected chi connectivity index (χ0v) is 16.8. The van der Waals surface area contributed by atoms with Gasteiger partial charge in [0.15, 0.2) is 0 Å². The van der Waals surface area contributed by atoms with Crippen molar-refractivity contribution in [2.75, 3.05) is 19.7 Å². The Morgan fingerprint density at radius 1 is 1.03 bits per heavy atom. The largest absolute Gasteiger partial charge is 0.493 e. The molecule has 2 aromatic carbocycles. The van der Waals surface area contributed by atoms with Crippen LogP contribution in [-0.2, 0) is 16.0 Å². The highest BCUT2D eigenvalue weighted by atomic mass is 19.1. The molecule has 1 atom stereocenters. The Bertz CT molecular complexity index is 871. The van der Waals surface area contributed by atoms with Crippen LogP contribution in [0.3, 0.4) is 0 Å². The third-order valence-electron chi connectivity index (χ3n) is 5.46. The molecule has 0 aromatic heterocycles. The van der Waals surface area contributed by atoms with Gasteiger partial charge in [-0.2, -0.15) is 0 Å². The number of rotatable bonds is 8. The molecule has 1 aliphatic heterocycles. The van der Waals surface area contributed by atoms with Crippen LogP contribution in [-0.4, -0.2) is 36.4 Å². The number of primary amides is 1. The Morgan fingerprint density at radius 3 is 2.30 bits per heavy atom. The Balaban J connectivity index is 1.63. The Hall–Kier alpha value is -2.96. The van der Waals surface area contributed by atoms with E-state index in [-0.39, 0.29) is 30.6 Å². The van der Waals surface area contributed by atoms with Crippen molar-refractivity contribution in [3.63, 3.8) is 0 Å². The topological polar surface area (TPSA) is 72.6 Å². The van der Waals surface area contributed by atoms with Crippen LogP contribution in [0.1, 0.15) is 31.2 Å². The average molecular weight is 416 g/mol. The van der Waals surface area contributed by atoms with Crippen molar-refractivity contribution in [2.45, 2.75) is 32.1 Å². The van der Waals surface area contributed by atoms with Gasteiger partial charge in [-0.15, -0.1) is 0 Å². The zero-order valence-electron chi connectivity index (χ0n) is 16.8. The first-order chi connectivity index (χ1) is 14.3. The number of aryl methyl sites for hydroxylation is 1. The lowest BCUT2D eigenvalue weighted by molar-refractivity contribution is -0.137. The molecule has 7 heteroatoms. The molecule has 2 N–H and O–H groups in total. The molecule has 0 unspecified atom stereocenters. The highest BCUT2D eigenvalue weighted by molar-refractivity contribution is 5.77. The van der Waals surface area contributed by atoms with Crippen molar-refractivity contribution >= 4 is 11.8 Å². The highest BCUT2D eigenvalue weighted by Gasteiger charge is 2.39. The standard InChI is InChI=1S/C23H26F2N2O3/c24-18-5-2-17(3-6-18)4-11-22(29)27-13-1-12-23(15-27,14-21(26)28)16-30-20-9-7-19(25)8-10-20/h2-3,5-10H,1,4,11-16H2,(H2,26,28)/t23-/m0/s1. The fourth-order valence-corrected chi connectivity index (χ4v) is 3.93. The van der Waals surface area contributed by atoms with E-state index in [0.29, 0.717) is 38.1 Å². The number of piperidine rings is 1. The van der Waals surface area contributed by atoms with E-state index in [9.17, 15) is 18.4 Å². The van der Waals surface area contributed by atoms with E-state index in [1.54, 1.807) is 17.0 Å². The minimum Gasteiger partial charge on any atom is -0.493 e. The molecule has 5 nitrogen and oxygen atoms in total. The van der Waals surface area contributed by atoms with Crippen molar-refractivity contribution in [3.8, 4) is 5.75 Å². The maximum absolute atomic E-state index is 13.1. The number of hydrogen-bond acceptors (Lipinski definition) is 3. The van der Waals surface area contributed by atoms with Crippen LogP contribution in [0.4, 0.5) is 8.78 Å². The van der Waals surface area contributed by atoms with E-state index >= 15 is 0 Å². The SMILES string of the molecule is NC(=O)C[C@@]1(COc2ccc(F)cc2)CCCN(C(=O)CCc2ccc(F)cc2)C1. The summed E-state index contributed by atoms with van der Waals surface area (Å²) >= 11 is 0. The smallest absolute Gasteiger partial charge is 0.222 e. The second-order valence-corrected chi connectivity index (χ2v) is 7.93. The number of carbonyl (C=O) groups is 2. The van der Waals surface area contributed by atoms with Gasteiger partial charge in [-0.25, -0.2) is 8.78 Å². The van der Waals surface area contributed by atoms with Gasteiger partial charge in [0.05, 0.1) is 6.61 Å². The number of nitrogens with zero attached hydrogens (tertiary/aromatic N) is 1. The summed E-state index contributed by atoms with van der Waals surface area (Å²) in [5, 5.41) is 0.